The predicted molar refractivity (Wildman–Crippen MR) is 56.3 cm³/mol. The van der Waals surface area contributed by atoms with Gasteiger partial charge >= 0.3 is 5.69 Å². The second-order valence-electron chi connectivity index (χ2n) is 3.75. The number of nitro groups is 1. The van der Waals surface area contributed by atoms with Crippen LogP contribution in [0.4, 0.5) is 10.1 Å². The molecule has 2 rings (SSSR count). The first kappa shape index (κ1) is 11.1. The van der Waals surface area contributed by atoms with Gasteiger partial charge in [0, 0.05) is 6.07 Å². The third-order valence-electron chi connectivity index (χ3n) is 2.37. The molecule has 0 aliphatic heterocycles. The second kappa shape index (κ2) is 4.25. The molecule has 0 radical (unpaired) electrons. The molecule has 1 aromatic rings. The fraction of sp³-hybridized carbons (Fsp3) is 0.400. The third kappa shape index (κ3) is 2.41. The zero-order valence-corrected chi connectivity index (χ0v) is 9.04. The summed E-state index contributed by atoms with van der Waals surface area (Å²) in [5.74, 6) is -0.282. The minimum Gasteiger partial charge on any atom is -0.491 e. The summed E-state index contributed by atoms with van der Waals surface area (Å²) in [6.45, 7) is 0.475. The molecule has 0 unspecified atom stereocenters. The summed E-state index contributed by atoms with van der Waals surface area (Å²) in [7, 11) is 0. The van der Waals surface area contributed by atoms with E-state index in [0.717, 1.165) is 25.0 Å². The van der Waals surface area contributed by atoms with Gasteiger partial charge in [0.1, 0.15) is 5.75 Å². The van der Waals surface area contributed by atoms with Gasteiger partial charge in [-0.15, -0.1) is 0 Å². The van der Waals surface area contributed by atoms with Gasteiger partial charge in [-0.1, -0.05) is 11.6 Å². The van der Waals surface area contributed by atoms with Crippen molar-refractivity contribution < 1.29 is 14.1 Å². The number of hydrogen-bond donors (Lipinski definition) is 0. The molecule has 1 aliphatic rings. The highest BCUT2D eigenvalue weighted by atomic mass is 35.5. The summed E-state index contributed by atoms with van der Waals surface area (Å²) in [6.07, 6.45) is 2.20. The van der Waals surface area contributed by atoms with Gasteiger partial charge in [-0.2, -0.15) is 4.39 Å². The van der Waals surface area contributed by atoms with Gasteiger partial charge in [0.05, 0.1) is 22.6 Å². The Morgan fingerprint density at radius 3 is 2.81 bits per heavy atom. The molecule has 1 saturated carbocycles. The Balaban J connectivity index is 2.21. The molecule has 6 heteroatoms. The van der Waals surface area contributed by atoms with E-state index >= 15 is 0 Å². The molecular weight excluding hydrogens is 237 g/mol. The summed E-state index contributed by atoms with van der Waals surface area (Å²) >= 11 is 5.72. The van der Waals surface area contributed by atoms with E-state index in [-0.39, 0.29) is 10.8 Å². The van der Waals surface area contributed by atoms with Gasteiger partial charge in [0.2, 0.25) is 5.82 Å². The molecule has 4 nitrogen and oxygen atoms in total. The molecule has 0 spiro atoms. The Morgan fingerprint density at radius 2 is 2.25 bits per heavy atom. The van der Waals surface area contributed by atoms with E-state index in [0.29, 0.717) is 12.5 Å². The average molecular weight is 246 g/mol. The van der Waals surface area contributed by atoms with Crippen LogP contribution in [0, 0.1) is 21.8 Å². The number of hydrogen-bond acceptors (Lipinski definition) is 3. The van der Waals surface area contributed by atoms with Gasteiger partial charge in [-0.25, -0.2) is 0 Å². The summed E-state index contributed by atoms with van der Waals surface area (Å²) < 4.78 is 18.4. The molecule has 0 atom stereocenters. The molecule has 86 valence electrons. The molecule has 1 aromatic carbocycles. The normalized spacial score (nSPS) is 14.9. The monoisotopic (exact) mass is 245 g/mol. The van der Waals surface area contributed by atoms with Crippen LogP contribution in [-0.2, 0) is 0 Å². The van der Waals surface area contributed by atoms with Gasteiger partial charge in [0.25, 0.3) is 0 Å². The fourth-order valence-corrected chi connectivity index (χ4v) is 1.47. The van der Waals surface area contributed by atoms with E-state index in [1.54, 1.807) is 0 Å². The lowest BCUT2D eigenvalue weighted by atomic mass is 10.3. The van der Waals surface area contributed by atoms with Crippen LogP contribution in [0.2, 0.25) is 5.02 Å². The smallest absolute Gasteiger partial charge is 0.308 e. The Kier molecular flexibility index (Phi) is 2.96. The number of halogens is 2. The van der Waals surface area contributed by atoms with Gasteiger partial charge < -0.3 is 4.74 Å². The van der Waals surface area contributed by atoms with Crippen LogP contribution in [0.25, 0.3) is 0 Å². The summed E-state index contributed by atoms with van der Waals surface area (Å²) in [5, 5.41) is 10.6. The molecule has 1 aliphatic carbocycles. The lowest BCUT2D eigenvalue weighted by molar-refractivity contribution is -0.387. The summed E-state index contributed by atoms with van der Waals surface area (Å²) in [4.78, 5) is 9.71. The molecule has 0 amide bonds. The van der Waals surface area contributed by atoms with Crippen LogP contribution in [-0.4, -0.2) is 11.5 Å². The van der Waals surface area contributed by atoms with E-state index in [9.17, 15) is 14.5 Å². The number of nitrogens with zero attached hydrogens (tertiary/aromatic N) is 1. The minimum absolute atomic E-state index is 0.0590. The van der Waals surface area contributed by atoms with E-state index in [4.69, 9.17) is 16.3 Å². The quantitative estimate of drug-likeness (QED) is 0.605. The van der Waals surface area contributed by atoms with Crippen molar-refractivity contribution in [3.8, 4) is 5.75 Å². The largest absolute Gasteiger partial charge is 0.491 e. The van der Waals surface area contributed by atoms with Crippen molar-refractivity contribution >= 4 is 17.3 Å². The SMILES string of the molecule is O=[N+]([O-])c1cc(OCC2CC2)c(Cl)cc1F. The number of rotatable bonds is 4. The molecule has 0 bridgehead atoms. The van der Waals surface area contributed by atoms with E-state index in [2.05, 4.69) is 0 Å². The molecule has 16 heavy (non-hydrogen) atoms. The Hall–Kier alpha value is -1.36. The Morgan fingerprint density at radius 1 is 1.56 bits per heavy atom. The minimum atomic E-state index is -0.950. The lowest BCUT2D eigenvalue weighted by Gasteiger charge is -2.07. The fourth-order valence-electron chi connectivity index (χ4n) is 1.26. The van der Waals surface area contributed by atoms with Crippen molar-refractivity contribution in [2.24, 2.45) is 5.92 Å². The van der Waals surface area contributed by atoms with Gasteiger partial charge in [0.15, 0.2) is 0 Å². The van der Waals surface area contributed by atoms with Gasteiger partial charge in [-0.3, -0.25) is 10.1 Å². The zero-order valence-electron chi connectivity index (χ0n) is 8.28. The number of ether oxygens (including phenoxy) is 1. The zero-order chi connectivity index (χ0) is 11.7. The predicted octanol–water partition coefficient (Wildman–Crippen LogP) is 3.18. The maximum Gasteiger partial charge on any atom is 0.308 e. The summed E-state index contributed by atoms with van der Waals surface area (Å²) in [5.41, 5.74) is -0.616. The van der Waals surface area contributed by atoms with Crippen LogP contribution < -0.4 is 4.74 Å². The lowest BCUT2D eigenvalue weighted by Crippen LogP contribution is -2.01. The molecule has 1 fully saturated rings. The van der Waals surface area contributed by atoms with Crippen molar-refractivity contribution in [1.29, 1.82) is 0 Å². The van der Waals surface area contributed by atoms with E-state index in [1.165, 1.54) is 0 Å². The highest BCUT2D eigenvalue weighted by Crippen LogP contribution is 2.34. The van der Waals surface area contributed by atoms with Crippen LogP contribution in [0.15, 0.2) is 12.1 Å². The second-order valence-corrected chi connectivity index (χ2v) is 4.15. The molecule has 0 N–H and O–H groups in total. The third-order valence-corrected chi connectivity index (χ3v) is 2.66. The molecule has 0 aromatic heterocycles. The van der Waals surface area contributed by atoms with Crippen LogP contribution in [0.5, 0.6) is 5.75 Å². The molecule has 0 saturated heterocycles. The highest BCUT2D eigenvalue weighted by Gasteiger charge is 2.24. The van der Waals surface area contributed by atoms with Crippen LogP contribution >= 0.6 is 11.6 Å². The van der Waals surface area contributed by atoms with Crippen molar-refractivity contribution in [3.05, 3.63) is 33.1 Å². The van der Waals surface area contributed by atoms with E-state index in [1.807, 2.05) is 0 Å². The van der Waals surface area contributed by atoms with Crippen LogP contribution in [0.1, 0.15) is 12.8 Å². The first-order valence-electron chi connectivity index (χ1n) is 4.84. The van der Waals surface area contributed by atoms with Gasteiger partial charge in [-0.05, 0) is 18.8 Å². The number of benzene rings is 1. The first-order valence-corrected chi connectivity index (χ1v) is 5.22. The topological polar surface area (TPSA) is 52.4 Å². The van der Waals surface area contributed by atoms with Crippen LogP contribution in [0.3, 0.4) is 0 Å². The number of nitro benzene ring substituents is 1. The maximum absolute atomic E-state index is 13.1. The summed E-state index contributed by atoms with van der Waals surface area (Å²) in [6, 6.07) is 1.93. The van der Waals surface area contributed by atoms with Crippen molar-refractivity contribution in [1.82, 2.24) is 0 Å². The van der Waals surface area contributed by atoms with Crippen molar-refractivity contribution in [2.45, 2.75) is 12.8 Å². The standard InChI is InChI=1S/C10H9ClFNO3/c11-7-3-8(12)9(13(14)15)4-10(7)16-5-6-1-2-6/h3-4,6H,1-2,5H2. The first-order chi connectivity index (χ1) is 7.58. The Labute approximate surface area is 96.1 Å². The van der Waals surface area contributed by atoms with Crippen molar-refractivity contribution in [2.75, 3.05) is 6.61 Å². The Bertz CT molecular complexity index is 434. The molecule has 0 heterocycles. The maximum atomic E-state index is 13.1. The average Bonchev–Trinajstić information content (AvgIpc) is 2.99. The highest BCUT2D eigenvalue weighted by molar-refractivity contribution is 6.32. The van der Waals surface area contributed by atoms with Crippen molar-refractivity contribution in [3.63, 3.8) is 0 Å². The van der Waals surface area contributed by atoms with E-state index < -0.39 is 16.4 Å². The molecular formula is C10H9ClFNO3.